The Morgan fingerprint density at radius 2 is 2.11 bits per heavy atom. The van der Waals surface area contributed by atoms with E-state index in [1.807, 2.05) is 4.90 Å². The van der Waals surface area contributed by atoms with E-state index in [2.05, 4.69) is 22.9 Å². The van der Waals surface area contributed by atoms with E-state index in [0.717, 1.165) is 24.7 Å². The van der Waals surface area contributed by atoms with E-state index in [1.54, 1.807) is 13.0 Å². The summed E-state index contributed by atoms with van der Waals surface area (Å²) < 4.78 is 13.0. The molecule has 0 aliphatic carbocycles. The topological polar surface area (TPSA) is 20.3 Å². The third kappa shape index (κ3) is 4.09. The van der Waals surface area contributed by atoms with Crippen molar-refractivity contribution in [3.05, 3.63) is 35.1 Å². The van der Waals surface area contributed by atoms with E-state index in [9.17, 15) is 9.18 Å². The van der Waals surface area contributed by atoms with E-state index in [4.69, 9.17) is 0 Å². The molecule has 1 amide bonds. The zero-order valence-electron chi connectivity index (χ0n) is 10.9. The summed E-state index contributed by atoms with van der Waals surface area (Å²) in [4.78, 5) is 14.2. The van der Waals surface area contributed by atoms with Crippen LogP contribution >= 0.6 is 15.9 Å². The van der Waals surface area contributed by atoms with Crippen molar-refractivity contribution in [3.8, 4) is 0 Å². The lowest BCUT2D eigenvalue weighted by atomic mass is 10.1. The van der Waals surface area contributed by atoms with Crippen molar-refractivity contribution in [1.29, 1.82) is 0 Å². The zero-order chi connectivity index (χ0) is 13.5. The van der Waals surface area contributed by atoms with E-state index >= 15 is 0 Å². The van der Waals surface area contributed by atoms with Crippen molar-refractivity contribution in [1.82, 2.24) is 4.90 Å². The molecule has 0 aliphatic rings. The van der Waals surface area contributed by atoms with Gasteiger partial charge in [-0.1, -0.05) is 29.3 Å². The second-order valence-corrected chi connectivity index (χ2v) is 5.09. The third-order valence-electron chi connectivity index (χ3n) is 2.84. The Balaban J connectivity index is 2.87. The predicted molar refractivity (Wildman–Crippen MR) is 75.7 cm³/mol. The Morgan fingerprint density at radius 1 is 1.39 bits per heavy atom. The molecule has 4 heteroatoms. The molecule has 18 heavy (non-hydrogen) atoms. The summed E-state index contributed by atoms with van der Waals surface area (Å²) in [5.41, 5.74) is 1.28. The van der Waals surface area contributed by atoms with Crippen LogP contribution in [0.3, 0.4) is 0 Å². The van der Waals surface area contributed by atoms with Crippen molar-refractivity contribution in [2.24, 2.45) is 0 Å². The summed E-state index contributed by atoms with van der Waals surface area (Å²) in [6.07, 6.45) is 2.04. The number of carbonyl (C=O) groups is 1. The lowest BCUT2D eigenvalue weighted by molar-refractivity contribution is 0.0763. The van der Waals surface area contributed by atoms with Gasteiger partial charge in [0.25, 0.3) is 5.91 Å². The molecule has 0 aliphatic heterocycles. The predicted octanol–water partition coefficient (Wildman–Crippen LogP) is 3.77. The lowest BCUT2D eigenvalue weighted by Gasteiger charge is -2.22. The van der Waals surface area contributed by atoms with E-state index in [0.29, 0.717) is 17.7 Å². The molecular weight excluding hydrogens is 297 g/mol. The van der Waals surface area contributed by atoms with Gasteiger partial charge in [0.2, 0.25) is 0 Å². The van der Waals surface area contributed by atoms with Crippen molar-refractivity contribution < 1.29 is 9.18 Å². The fourth-order valence-electron chi connectivity index (χ4n) is 1.80. The Bertz CT molecular complexity index is 409. The van der Waals surface area contributed by atoms with Crippen molar-refractivity contribution in [2.75, 3.05) is 18.4 Å². The Morgan fingerprint density at radius 3 is 2.67 bits per heavy atom. The van der Waals surface area contributed by atoms with Crippen LogP contribution in [0.5, 0.6) is 0 Å². The molecular formula is C14H19BrFNO. The zero-order valence-corrected chi connectivity index (χ0v) is 12.5. The maximum Gasteiger partial charge on any atom is 0.254 e. The van der Waals surface area contributed by atoms with Gasteiger partial charge in [0.15, 0.2) is 0 Å². The Hall–Kier alpha value is -0.900. The van der Waals surface area contributed by atoms with Crippen molar-refractivity contribution >= 4 is 21.8 Å². The number of unbranched alkanes of at least 4 members (excludes halogenated alkanes) is 1. The minimum absolute atomic E-state index is 0.0135. The highest BCUT2D eigenvalue weighted by Crippen LogP contribution is 2.13. The molecule has 2 nitrogen and oxygen atoms in total. The Kier molecular flexibility index (Phi) is 6.33. The van der Waals surface area contributed by atoms with E-state index in [1.165, 1.54) is 12.1 Å². The second-order valence-electron chi connectivity index (χ2n) is 4.29. The number of hydrogen-bond acceptors (Lipinski definition) is 1. The molecule has 0 radical (unpaired) electrons. The highest BCUT2D eigenvalue weighted by atomic mass is 79.9. The molecule has 1 aromatic rings. The van der Waals surface area contributed by atoms with Gasteiger partial charge in [0.1, 0.15) is 5.82 Å². The van der Waals surface area contributed by atoms with Crippen LogP contribution in [0.4, 0.5) is 4.39 Å². The maximum absolute atomic E-state index is 13.0. The molecule has 1 aromatic carbocycles. The normalized spacial score (nSPS) is 10.4. The van der Waals surface area contributed by atoms with Gasteiger partial charge < -0.3 is 4.90 Å². The van der Waals surface area contributed by atoms with Crippen LogP contribution in [0.2, 0.25) is 0 Å². The van der Waals surface area contributed by atoms with Crippen LogP contribution < -0.4 is 0 Å². The number of aryl methyl sites for hydroxylation is 1. The molecule has 0 heterocycles. The van der Waals surface area contributed by atoms with Crippen LogP contribution in [-0.2, 0) is 0 Å². The first-order valence-corrected chi connectivity index (χ1v) is 7.33. The molecule has 0 bridgehead atoms. The fourth-order valence-corrected chi connectivity index (χ4v) is 2.23. The number of carbonyl (C=O) groups excluding carboxylic acids is 1. The summed E-state index contributed by atoms with van der Waals surface area (Å²) in [6.45, 7) is 5.29. The molecule has 1 rings (SSSR count). The van der Waals surface area contributed by atoms with Crippen molar-refractivity contribution in [3.63, 3.8) is 0 Å². The largest absolute Gasteiger partial charge is 0.338 e. The van der Waals surface area contributed by atoms with Gasteiger partial charge in [0, 0.05) is 24.0 Å². The van der Waals surface area contributed by atoms with E-state index in [-0.39, 0.29) is 11.7 Å². The van der Waals surface area contributed by atoms with Crippen molar-refractivity contribution in [2.45, 2.75) is 26.7 Å². The summed E-state index contributed by atoms with van der Waals surface area (Å²) in [5.74, 6) is -0.315. The van der Waals surface area contributed by atoms with Gasteiger partial charge in [-0.05, 0) is 37.1 Å². The first-order valence-electron chi connectivity index (χ1n) is 6.21. The number of hydrogen-bond donors (Lipinski definition) is 0. The minimum Gasteiger partial charge on any atom is -0.338 e. The summed E-state index contributed by atoms with van der Waals surface area (Å²) in [5, 5.41) is 0.753. The second kappa shape index (κ2) is 7.52. The SMILES string of the molecule is CCCCN(CCBr)C(=O)c1ccc(F)cc1C. The van der Waals surface area contributed by atoms with Gasteiger partial charge >= 0.3 is 0 Å². The highest BCUT2D eigenvalue weighted by Gasteiger charge is 2.16. The molecule has 0 aromatic heterocycles. The lowest BCUT2D eigenvalue weighted by Crippen LogP contribution is -2.34. The number of nitrogens with zero attached hydrogens (tertiary/aromatic N) is 1. The van der Waals surface area contributed by atoms with Gasteiger partial charge in [0.05, 0.1) is 0 Å². The van der Waals surface area contributed by atoms with Gasteiger partial charge in [-0.15, -0.1) is 0 Å². The number of amides is 1. The van der Waals surface area contributed by atoms with Crippen LogP contribution in [0, 0.1) is 12.7 Å². The summed E-state index contributed by atoms with van der Waals surface area (Å²) in [7, 11) is 0. The number of rotatable bonds is 6. The summed E-state index contributed by atoms with van der Waals surface area (Å²) in [6, 6.07) is 4.31. The fraction of sp³-hybridized carbons (Fsp3) is 0.500. The number of halogens is 2. The molecule has 0 saturated carbocycles. The number of benzene rings is 1. The third-order valence-corrected chi connectivity index (χ3v) is 3.20. The molecule has 0 N–H and O–H groups in total. The van der Waals surface area contributed by atoms with Crippen LogP contribution in [0.25, 0.3) is 0 Å². The molecule has 0 spiro atoms. The van der Waals surface area contributed by atoms with Crippen LogP contribution in [-0.4, -0.2) is 29.2 Å². The molecule has 100 valence electrons. The summed E-state index contributed by atoms with van der Waals surface area (Å²) >= 11 is 3.36. The first-order chi connectivity index (χ1) is 8.60. The van der Waals surface area contributed by atoms with E-state index < -0.39 is 0 Å². The number of alkyl halides is 1. The maximum atomic E-state index is 13.0. The van der Waals surface area contributed by atoms with Crippen LogP contribution in [0.1, 0.15) is 35.7 Å². The molecule has 0 unspecified atom stereocenters. The highest BCUT2D eigenvalue weighted by molar-refractivity contribution is 9.09. The minimum atomic E-state index is -0.301. The Labute approximate surface area is 116 Å². The monoisotopic (exact) mass is 315 g/mol. The molecule has 0 saturated heterocycles. The van der Waals surface area contributed by atoms with Gasteiger partial charge in [-0.3, -0.25) is 4.79 Å². The van der Waals surface area contributed by atoms with Crippen LogP contribution in [0.15, 0.2) is 18.2 Å². The van der Waals surface area contributed by atoms with Gasteiger partial charge in [-0.2, -0.15) is 0 Å². The average molecular weight is 316 g/mol. The molecule has 0 atom stereocenters. The first kappa shape index (κ1) is 15.2. The smallest absolute Gasteiger partial charge is 0.254 e. The average Bonchev–Trinajstić information content (AvgIpc) is 2.33. The quantitative estimate of drug-likeness (QED) is 0.732. The van der Waals surface area contributed by atoms with Gasteiger partial charge in [-0.25, -0.2) is 4.39 Å². The molecule has 0 fully saturated rings. The standard InChI is InChI=1S/C14H19BrFNO/c1-3-4-8-17(9-7-15)14(18)13-6-5-12(16)10-11(13)2/h5-6,10H,3-4,7-9H2,1-2H3.